The van der Waals surface area contributed by atoms with E-state index in [0.717, 1.165) is 11.6 Å². The normalized spacial score (nSPS) is 14.5. The molecule has 2 aromatic carbocycles. The molecule has 1 atom stereocenters. The van der Waals surface area contributed by atoms with E-state index in [4.69, 9.17) is 9.84 Å². The minimum Gasteiger partial charge on any atom is -0.491 e. The lowest BCUT2D eigenvalue weighted by Crippen LogP contribution is -2.69. The minimum atomic E-state index is -6.96. The van der Waals surface area contributed by atoms with Crippen LogP contribution in [0.5, 0.6) is 5.75 Å². The van der Waals surface area contributed by atoms with E-state index in [-0.39, 0.29) is 36.7 Å². The van der Waals surface area contributed by atoms with Gasteiger partial charge < -0.3 is 20.1 Å². The zero-order valence-electron chi connectivity index (χ0n) is 25.2. The predicted molar refractivity (Wildman–Crippen MR) is 148 cm³/mol. The lowest BCUT2D eigenvalue weighted by atomic mass is 9.70. The van der Waals surface area contributed by atoms with E-state index >= 15 is 0 Å². The summed E-state index contributed by atoms with van der Waals surface area (Å²) >= 11 is 0. The molecule has 0 aliphatic rings. The number of carbonyl (C=O) groups is 1. The van der Waals surface area contributed by atoms with Crippen molar-refractivity contribution in [3.05, 3.63) is 70.3 Å². The number of ether oxygens (including phenoxy) is 1. The van der Waals surface area contributed by atoms with Crippen molar-refractivity contribution in [1.82, 2.24) is 0 Å². The second-order valence-corrected chi connectivity index (χ2v) is 11.0. The van der Waals surface area contributed by atoms with E-state index < -0.39 is 53.4 Å². The van der Waals surface area contributed by atoms with Gasteiger partial charge in [-0.15, -0.1) is 0 Å². The zero-order valence-corrected chi connectivity index (χ0v) is 25.2. The van der Waals surface area contributed by atoms with Gasteiger partial charge in [0.1, 0.15) is 12.4 Å². The fourth-order valence-electron chi connectivity index (χ4n) is 5.11. The monoisotopic (exact) mass is 676 g/mol. The molecule has 15 heteroatoms. The number of aliphatic hydroxyl groups is 2. The van der Waals surface area contributed by atoms with Crippen molar-refractivity contribution in [3.63, 3.8) is 0 Å². The Labute approximate surface area is 258 Å². The third-order valence-corrected chi connectivity index (χ3v) is 8.05. The van der Waals surface area contributed by atoms with Gasteiger partial charge in [0.15, 0.2) is 0 Å². The maximum atomic E-state index is 14.1. The predicted octanol–water partition coefficient (Wildman–Crippen LogP) is 8.15. The third kappa shape index (κ3) is 7.45. The number of aliphatic hydroxyl groups excluding tert-OH is 1. The molecule has 2 aromatic rings. The van der Waals surface area contributed by atoms with Crippen LogP contribution in [0.1, 0.15) is 67.3 Å². The van der Waals surface area contributed by atoms with Crippen LogP contribution in [0.4, 0.5) is 43.9 Å². The summed E-state index contributed by atoms with van der Waals surface area (Å²) in [6.07, 6.45) is -15.0. The summed E-state index contributed by atoms with van der Waals surface area (Å²) in [5.41, 5.74) is -4.92. The SMILES string of the molecule is CCC(CC)(c1ccc(C=CC(O)(C(F)(F)C(F)(F)F)C(F)(F)C(F)(F)F)c(C)c1)c1ccc(OC[C@@H](O)CCC(=O)O)c(C)c1. The van der Waals surface area contributed by atoms with E-state index in [1.54, 1.807) is 25.1 Å². The van der Waals surface area contributed by atoms with Crippen LogP contribution in [0.25, 0.3) is 6.08 Å². The number of hydrogen-bond acceptors (Lipinski definition) is 4. The Bertz CT molecular complexity index is 1370. The van der Waals surface area contributed by atoms with Crippen molar-refractivity contribution >= 4 is 12.0 Å². The van der Waals surface area contributed by atoms with Crippen LogP contribution in [-0.2, 0) is 10.2 Å². The van der Waals surface area contributed by atoms with Crippen LogP contribution < -0.4 is 4.74 Å². The molecule has 0 saturated carbocycles. The Morgan fingerprint density at radius 1 is 0.826 bits per heavy atom. The number of hydrogen-bond donors (Lipinski definition) is 3. The molecule has 0 heterocycles. The molecular formula is C31H34F10O5. The Morgan fingerprint density at radius 2 is 1.30 bits per heavy atom. The Balaban J connectivity index is 2.52. The number of halogens is 10. The van der Waals surface area contributed by atoms with Gasteiger partial charge in [-0.05, 0) is 73.1 Å². The Hall–Kier alpha value is -3.33. The number of aliphatic carboxylic acids is 1. The van der Waals surface area contributed by atoms with Crippen molar-refractivity contribution in [1.29, 1.82) is 0 Å². The molecular weight excluding hydrogens is 642 g/mol. The number of carboxylic acids is 1. The molecule has 0 aliphatic heterocycles. The van der Waals surface area contributed by atoms with E-state index in [2.05, 4.69) is 0 Å². The maximum Gasteiger partial charge on any atom is 0.457 e. The number of benzene rings is 2. The number of carboxylic acid groups (broad SMARTS) is 1. The molecule has 258 valence electrons. The molecule has 0 aliphatic carbocycles. The average molecular weight is 677 g/mol. The summed E-state index contributed by atoms with van der Waals surface area (Å²) in [4.78, 5) is 10.7. The van der Waals surface area contributed by atoms with Gasteiger partial charge in [0, 0.05) is 11.8 Å². The summed E-state index contributed by atoms with van der Waals surface area (Å²) in [5, 5.41) is 28.5. The lowest BCUT2D eigenvalue weighted by molar-refractivity contribution is -0.409. The van der Waals surface area contributed by atoms with Crippen LogP contribution in [0.2, 0.25) is 0 Å². The molecule has 5 nitrogen and oxygen atoms in total. The molecule has 3 N–H and O–H groups in total. The topological polar surface area (TPSA) is 87.0 Å². The minimum absolute atomic E-state index is 0.0133. The highest BCUT2D eigenvalue weighted by Crippen LogP contribution is 2.55. The molecule has 0 saturated heterocycles. The smallest absolute Gasteiger partial charge is 0.457 e. The number of rotatable bonds is 14. The molecule has 0 spiro atoms. The molecule has 0 aromatic heterocycles. The van der Waals surface area contributed by atoms with Crippen LogP contribution in [0.15, 0.2) is 42.5 Å². The second kappa shape index (κ2) is 13.8. The van der Waals surface area contributed by atoms with Gasteiger partial charge in [-0.1, -0.05) is 50.3 Å². The molecule has 0 amide bonds. The van der Waals surface area contributed by atoms with Gasteiger partial charge in [-0.3, -0.25) is 4.79 Å². The summed E-state index contributed by atoms with van der Waals surface area (Å²) < 4.78 is 140. The van der Waals surface area contributed by atoms with E-state index in [1.165, 1.54) is 19.1 Å². The van der Waals surface area contributed by atoms with Crippen molar-refractivity contribution in [2.45, 2.75) is 94.7 Å². The third-order valence-electron chi connectivity index (χ3n) is 8.05. The van der Waals surface area contributed by atoms with Gasteiger partial charge in [-0.25, -0.2) is 0 Å². The van der Waals surface area contributed by atoms with Crippen molar-refractivity contribution in [3.8, 4) is 5.75 Å². The lowest BCUT2D eigenvalue weighted by Gasteiger charge is -2.40. The first-order chi connectivity index (χ1) is 20.9. The number of alkyl halides is 10. The van der Waals surface area contributed by atoms with E-state index in [0.29, 0.717) is 29.7 Å². The summed E-state index contributed by atoms with van der Waals surface area (Å²) in [6, 6.07) is 9.21. The first kappa shape index (κ1) is 38.9. The van der Waals surface area contributed by atoms with Crippen LogP contribution >= 0.6 is 0 Å². The highest BCUT2D eigenvalue weighted by Gasteiger charge is 2.83. The zero-order chi connectivity index (χ0) is 35.5. The van der Waals surface area contributed by atoms with Crippen molar-refractivity contribution in [2.75, 3.05) is 6.61 Å². The average Bonchev–Trinajstić information content (AvgIpc) is 2.94. The van der Waals surface area contributed by atoms with Crippen LogP contribution in [-0.4, -0.2) is 63.8 Å². The standard InChI is InChI=1S/C31H34F10O5/c1-5-26(6-2,22-9-11-24(19(4)16-22)46-17-23(42)10-12-25(43)44)21-8-7-20(18(3)15-21)13-14-27(45,28(32,33)30(36,37)38)29(34,35)31(39,40)41/h7-9,11,13-16,23,42,45H,5-6,10,12,17H2,1-4H3,(H,43,44)/t23-/m0/s1. The van der Waals surface area contributed by atoms with Gasteiger partial charge in [-0.2, -0.15) is 43.9 Å². The second-order valence-electron chi connectivity index (χ2n) is 11.0. The van der Waals surface area contributed by atoms with Crippen LogP contribution in [0, 0.1) is 13.8 Å². The fraction of sp³-hybridized carbons (Fsp3) is 0.516. The van der Waals surface area contributed by atoms with E-state index in [1.807, 2.05) is 13.8 Å². The van der Waals surface area contributed by atoms with E-state index in [9.17, 15) is 58.9 Å². The maximum absolute atomic E-state index is 14.1. The Kier molecular flexibility index (Phi) is 11.7. The van der Waals surface area contributed by atoms with Gasteiger partial charge in [0.2, 0.25) is 5.60 Å². The first-order valence-electron chi connectivity index (χ1n) is 14.0. The van der Waals surface area contributed by atoms with Crippen LogP contribution in [0.3, 0.4) is 0 Å². The van der Waals surface area contributed by atoms with Crippen molar-refractivity contribution < 1.29 is 68.8 Å². The highest BCUT2D eigenvalue weighted by molar-refractivity contribution is 5.66. The van der Waals surface area contributed by atoms with Gasteiger partial charge in [0.05, 0.1) is 6.10 Å². The quantitative estimate of drug-likeness (QED) is 0.176. The summed E-state index contributed by atoms with van der Waals surface area (Å²) in [6.45, 7) is 6.60. The molecule has 0 fully saturated rings. The first-order valence-corrected chi connectivity index (χ1v) is 14.0. The highest BCUT2D eigenvalue weighted by atomic mass is 19.4. The largest absolute Gasteiger partial charge is 0.491 e. The van der Waals surface area contributed by atoms with Crippen molar-refractivity contribution in [2.24, 2.45) is 0 Å². The summed E-state index contributed by atoms with van der Waals surface area (Å²) in [7, 11) is 0. The molecule has 0 radical (unpaired) electrons. The molecule has 0 bridgehead atoms. The molecule has 2 rings (SSSR count). The molecule has 0 unspecified atom stereocenters. The fourth-order valence-corrected chi connectivity index (χ4v) is 5.11. The number of aryl methyl sites for hydroxylation is 2. The van der Waals surface area contributed by atoms with Gasteiger partial charge in [0.25, 0.3) is 0 Å². The molecule has 46 heavy (non-hydrogen) atoms. The van der Waals surface area contributed by atoms with Gasteiger partial charge >= 0.3 is 30.2 Å². The summed E-state index contributed by atoms with van der Waals surface area (Å²) in [5.74, 6) is -14.4. The Morgan fingerprint density at radius 3 is 1.72 bits per heavy atom.